The van der Waals surface area contributed by atoms with E-state index in [1.54, 1.807) is 0 Å². The molecule has 0 spiro atoms. The molecule has 0 unspecified atom stereocenters. The Bertz CT molecular complexity index is 156. The summed E-state index contributed by atoms with van der Waals surface area (Å²) in [5.41, 5.74) is 10.1. The van der Waals surface area contributed by atoms with Crippen LogP contribution >= 0.6 is 11.6 Å². The first-order valence-corrected chi connectivity index (χ1v) is 2.61. The van der Waals surface area contributed by atoms with E-state index in [2.05, 4.69) is 11.6 Å². The van der Waals surface area contributed by atoms with Crippen molar-refractivity contribution in [3.05, 3.63) is 24.7 Å². The minimum absolute atomic E-state index is 0.130. The zero-order valence-corrected chi connectivity index (χ0v) is 5.60. The molecule has 9 heavy (non-hydrogen) atoms. The number of nitrogens with zero attached hydrogens (tertiary/aromatic N) is 1. The largest absolute Gasteiger partial charge is 0.386 e. The predicted octanol–water partition coefficient (Wildman–Crippen LogP) is 0.526. The molecule has 50 valence electrons. The van der Waals surface area contributed by atoms with Crippen LogP contribution < -0.4 is 11.5 Å². The van der Waals surface area contributed by atoms with Gasteiger partial charge in [-0.3, -0.25) is 0 Å². The fourth-order valence-electron chi connectivity index (χ4n) is 0.262. The standard InChI is InChI=1S/C5H8ClN3/c1-2-9-4(6)3-5(7)8/h2-3H,1,7-8H2/b9-4+. The van der Waals surface area contributed by atoms with Gasteiger partial charge in [0.25, 0.3) is 0 Å². The molecule has 0 aliphatic heterocycles. The normalized spacial score (nSPS) is 10.6. The smallest absolute Gasteiger partial charge is 0.132 e. The molecule has 0 saturated heterocycles. The fraction of sp³-hybridized carbons (Fsp3) is 0. The molecule has 0 aliphatic rings. The molecule has 0 aromatic rings. The van der Waals surface area contributed by atoms with E-state index in [-0.39, 0.29) is 11.0 Å². The zero-order valence-electron chi connectivity index (χ0n) is 4.84. The zero-order chi connectivity index (χ0) is 7.28. The molecular formula is C5H8ClN3. The van der Waals surface area contributed by atoms with Crippen molar-refractivity contribution in [1.29, 1.82) is 0 Å². The maximum absolute atomic E-state index is 5.42. The second-order valence-electron chi connectivity index (χ2n) is 1.28. The van der Waals surface area contributed by atoms with Gasteiger partial charge in [-0.2, -0.15) is 0 Å². The topological polar surface area (TPSA) is 64.4 Å². The van der Waals surface area contributed by atoms with Gasteiger partial charge in [-0.15, -0.1) is 0 Å². The monoisotopic (exact) mass is 145 g/mol. The van der Waals surface area contributed by atoms with Gasteiger partial charge in [-0.1, -0.05) is 18.2 Å². The van der Waals surface area contributed by atoms with Gasteiger partial charge in [0.05, 0.1) is 5.82 Å². The molecule has 0 fully saturated rings. The van der Waals surface area contributed by atoms with Crippen LogP contribution in [-0.4, -0.2) is 5.17 Å². The summed E-state index contributed by atoms with van der Waals surface area (Å²) in [6.07, 6.45) is 2.64. The van der Waals surface area contributed by atoms with Crippen molar-refractivity contribution in [3.8, 4) is 0 Å². The van der Waals surface area contributed by atoms with Gasteiger partial charge in [-0.05, 0) is 0 Å². The summed E-state index contributed by atoms with van der Waals surface area (Å²) < 4.78 is 0. The summed E-state index contributed by atoms with van der Waals surface area (Å²) in [5.74, 6) is 0.130. The summed E-state index contributed by atoms with van der Waals surface area (Å²) in [7, 11) is 0. The van der Waals surface area contributed by atoms with Crippen LogP contribution in [0.2, 0.25) is 0 Å². The molecule has 3 nitrogen and oxygen atoms in total. The number of aliphatic imine (C=N–C) groups is 1. The molecule has 0 radical (unpaired) electrons. The third-order valence-electron chi connectivity index (χ3n) is 0.500. The maximum atomic E-state index is 5.42. The van der Waals surface area contributed by atoms with Crippen LogP contribution in [0.4, 0.5) is 0 Å². The van der Waals surface area contributed by atoms with Crippen LogP contribution in [0.1, 0.15) is 0 Å². The number of nitrogens with two attached hydrogens (primary N) is 2. The molecule has 0 rings (SSSR count). The summed E-state index contributed by atoms with van der Waals surface area (Å²) >= 11 is 5.42. The van der Waals surface area contributed by atoms with Crippen molar-refractivity contribution in [3.63, 3.8) is 0 Å². The minimum Gasteiger partial charge on any atom is -0.386 e. The Hall–Kier alpha value is -0.960. The molecule has 0 saturated carbocycles. The Kier molecular flexibility index (Phi) is 3.55. The Morgan fingerprint density at radius 1 is 1.56 bits per heavy atom. The lowest BCUT2D eigenvalue weighted by Crippen LogP contribution is -2.08. The molecule has 0 aromatic carbocycles. The molecule has 4 N–H and O–H groups in total. The van der Waals surface area contributed by atoms with E-state index in [1.165, 1.54) is 12.3 Å². The second kappa shape index (κ2) is 3.97. The van der Waals surface area contributed by atoms with E-state index >= 15 is 0 Å². The highest BCUT2D eigenvalue weighted by Gasteiger charge is 1.84. The predicted molar refractivity (Wildman–Crippen MR) is 39.9 cm³/mol. The second-order valence-corrected chi connectivity index (χ2v) is 1.67. The Morgan fingerprint density at radius 2 is 2.11 bits per heavy atom. The quantitative estimate of drug-likeness (QED) is 0.557. The van der Waals surface area contributed by atoms with Crippen LogP contribution in [0.5, 0.6) is 0 Å². The summed E-state index contributed by atoms with van der Waals surface area (Å²) in [5, 5.41) is 0.227. The van der Waals surface area contributed by atoms with Crippen molar-refractivity contribution in [2.45, 2.75) is 0 Å². The minimum atomic E-state index is 0.130. The molecule has 0 aromatic heterocycles. The first kappa shape index (κ1) is 8.04. The fourth-order valence-corrected chi connectivity index (χ4v) is 0.457. The average Bonchev–Trinajstić information content (AvgIpc) is 1.63. The van der Waals surface area contributed by atoms with Crippen molar-refractivity contribution < 1.29 is 0 Å². The Morgan fingerprint density at radius 3 is 2.44 bits per heavy atom. The lowest BCUT2D eigenvalue weighted by atomic mass is 10.6. The van der Waals surface area contributed by atoms with Gasteiger partial charge in [0.1, 0.15) is 5.17 Å². The third kappa shape index (κ3) is 4.90. The van der Waals surface area contributed by atoms with Crippen molar-refractivity contribution >= 4 is 16.8 Å². The van der Waals surface area contributed by atoms with Crippen LogP contribution in [-0.2, 0) is 0 Å². The average molecular weight is 146 g/mol. The van der Waals surface area contributed by atoms with Crippen LogP contribution in [0, 0.1) is 0 Å². The van der Waals surface area contributed by atoms with Gasteiger partial charge in [0, 0.05) is 12.3 Å². The van der Waals surface area contributed by atoms with Gasteiger partial charge in [-0.25, -0.2) is 4.99 Å². The molecule has 0 amide bonds. The maximum Gasteiger partial charge on any atom is 0.132 e. The molecule has 4 heteroatoms. The third-order valence-corrected chi connectivity index (χ3v) is 0.707. The lowest BCUT2D eigenvalue weighted by Gasteiger charge is -1.86. The number of allylic oxidation sites excluding steroid dienone is 1. The van der Waals surface area contributed by atoms with Crippen molar-refractivity contribution in [2.24, 2.45) is 16.5 Å². The highest BCUT2D eigenvalue weighted by molar-refractivity contribution is 6.68. The Labute approximate surface area is 58.7 Å². The highest BCUT2D eigenvalue weighted by atomic mass is 35.5. The van der Waals surface area contributed by atoms with Gasteiger partial charge >= 0.3 is 0 Å². The number of rotatable bonds is 2. The molecule has 0 heterocycles. The summed E-state index contributed by atoms with van der Waals surface area (Å²) in [6.45, 7) is 3.33. The van der Waals surface area contributed by atoms with E-state index in [4.69, 9.17) is 23.1 Å². The molecule has 0 bridgehead atoms. The van der Waals surface area contributed by atoms with Crippen LogP contribution in [0.15, 0.2) is 29.7 Å². The van der Waals surface area contributed by atoms with Crippen molar-refractivity contribution in [2.75, 3.05) is 0 Å². The van der Waals surface area contributed by atoms with E-state index < -0.39 is 0 Å². The van der Waals surface area contributed by atoms with E-state index in [0.717, 1.165) is 0 Å². The molecule has 0 aliphatic carbocycles. The van der Waals surface area contributed by atoms with Crippen LogP contribution in [0.25, 0.3) is 0 Å². The van der Waals surface area contributed by atoms with Crippen molar-refractivity contribution in [1.82, 2.24) is 0 Å². The number of hydrogen-bond donors (Lipinski definition) is 2. The van der Waals surface area contributed by atoms with Gasteiger partial charge < -0.3 is 11.5 Å². The van der Waals surface area contributed by atoms with E-state index in [1.807, 2.05) is 0 Å². The SMILES string of the molecule is C=C/N=C(/Cl)C=C(N)N. The van der Waals surface area contributed by atoms with E-state index in [0.29, 0.717) is 0 Å². The summed E-state index contributed by atoms with van der Waals surface area (Å²) in [6, 6.07) is 0. The molecular weight excluding hydrogens is 138 g/mol. The van der Waals surface area contributed by atoms with Crippen LogP contribution in [0.3, 0.4) is 0 Å². The highest BCUT2D eigenvalue weighted by Crippen LogP contribution is 1.88. The Balaban J connectivity index is 4.05. The first-order valence-electron chi connectivity index (χ1n) is 2.23. The van der Waals surface area contributed by atoms with Gasteiger partial charge in [0.15, 0.2) is 0 Å². The number of hydrogen-bond acceptors (Lipinski definition) is 3. The lowest BCUT2D eigenvalue weighted by molar-refractivity contribution is 1.26. The number of halogens is 1. The van der Waals surface area contributed by atoms with E-state index in [9.17, 15) is 0 Å². The first-order chi connectivity index (χ1) is 4.16. The van der Waals surface area contributed by atoms with Gasteiger partial charge in [0.2, 0.25) is 0 Å². The summed E-state index contributed by atoms with van der Waals surface area (Å²) in [4.78, 5) is 3.57. The molecule has 0 atom stereocenters.